The summed E-state index contributed by atoms with van der Waals surface area (Å²) in [5.74, 6) is -0.324. The smallest absolute Gasteiger partial charge is 0.337 e. The van der Waals surface area contributed by atoms with Crippen molar-refractivity contribution in [3.05, 3.63) is 29.1 Å². The fraction of sp³-hybridized carbons (Fsp3) is 0.111. The van der Waals surface area contributed by atoms with Crippen molar-refractivity contribution in [1.29, 1.82) is 0 Å². The molecule has 0 spiro atoms. The van der Waals surface area contributed by atoms with Crippen LogP contribution in [-0.2, 0) is 4.74 Å². The zero-order valence-corrected chi connectivity index (χ0v) is 7.80. The molecule has 2 aromatic rings. The molecule has 1 heterocycles. The summed E-state index contributed by atoms with van der Waals surface area (Å²) in [5, 5.41) is 2.99. The fourth-order valence-corrected chi connectivity index (χ4v) is 1.74. The molecule has 0 bridgehead atoms. The van der Waals surface area contributed by atoms with Gasteiger partial charge in [0.15, 0.2) is 0 Å². The second kappa shape index (κ2) is 3.14. The normalized spacial score (nSPS) is 10.2. The number of hydrogen-bond donors (Lipinski definition) is 0. The van der Waals surface area contributed by atoms with Crippen LogP contribution >= 0.6 is 11.5 Å². The Morgan fingerprint density at radius 2 is 2.38 bits per heavy atom. The Morgan fingerprint density at radius 3 is 3.15 bits per heavy atom. The highest BCUT2D eigenvalue weighted by atomic mass is 32.1. The van der Waals surface area contributed by atoms with Gasteiger partial charge in [-0.05, 0) is 23.7 Å². The first-order chi connectivity index (χ1) is 6.31. The summed E-state index contributed by atoms with van der Waals surface area (Å²) in [6.45, 7) is 0. The van der Waals surface area contributed by atoms with E-state index in [1.54, 1.807) is 12.1 Å². The zero-order valence-electron chi connectivity index (χ0n) is 6.98. The summed E-state index contributed by atoms with van der Waals surface area (Å²) in [7, 11) is 1.37. The Morgan fingerprint density at radius 1 is 1.54 bits per heavy atom. The average molecular weight is 193 g/mol. The van der Waals surface area contributed by atoms with Crippen LogP contribution in [0.4, 0.5) is 0 Å². The van der Waals surface area contributed by atoms with Crippen molar-refractivity contribution in [1.82, 2.24) is 4.37 Å². The number of fused-ring (bicyclic) bond motifs is 1. The van der Waals surface area contributed by atoms with Crippen molar-refractivity contribution >= 4 is 28.4 Å². The van der Waals surface area contributed by atoms with Crippen LogP contribution in [0.2, 0.25) is 0 Å². The van der Waals surface area contributed by atoms with E-state index < -0.39 is 0 Å². The van der Waals surface area contributed by atoms with Crippen LogP contribution in [0.1, 0.15) is 10.4 Å². The molecule has 13 heavy (non-hydrogen) atoms. The van der Waals surface area contributed by atoms with Gasteiger partial charge in [0.25, 0.3) is 0 Å². The molecule has 1 aromatic heterocycles. The molecule has 0 unspecified atom stereocenters. The molecule has 0 radical (unpaired) electrons. The third-order valence-electron chi connectivity index (χ3n) is 1.78. The lowest BCUT2D eigenvalue weighted by molar-refractivity contribution is 0.0601. The van der Waals surface area contributed by atoms with Crippen LogP contribution in [-0.4, -0.2) is 17.5 Å². The van der Waals surface area contributed by atoms with Crippen LogP contribution in [0.5, 0.6) is 0 Å². The predicted octanol–water partition coefficient (Wildman–Crippen LogP) is 2.08. The summed E-state index contributed by atoms with van der Waals surface area (Å²) in [5.41, 5.74) is 1.38. The molecule has 0 saturated carbocycles. The van der Waals surface area contributed by atoms with Crippen molar-refractivity contribution in [2.45, 2.75) is 0 Å². The Balaban J connectivity index is 2.54. The SMILES string of the molecule is COC(=O)c1ccc2csnc2c1. The highest BCUT2D eigenvalue weighted by Crippen LogP contribution is 2.16. The standard InChI is InChI=1S/C9H7NO2S/c1-12-9(11)6-2-3-7-5-13-10-8(7)4-6/h2-5H,1H3. The van der Waals surface area contributed by atoms with E-state index in [9.17, 15) is 4.79 Å². The minimum Gasteiger partial charge on any atom is -0.465 e. The molecule has 0 aliphatic carbocycles. The Labute approximate surface area is 79.1 Å². The van der Waals surface area contributed by atoms with Crippen molar-refractivity contribution in [2.75, 3.05) is 7.11 Å². The van der Waals surface area contributed by atoms with Gasteiger partial charge in [0.05, 0.1) is 18.2 Å². The van der Waals surface area contributed by atoms with E-state index in [0.29, 0.717) is 5.56 Å². The topological polar surface area (TPSA) is 39.2 Å². The molecular weight excluding hydrogens is 186 g/mol. The lowest BCUT2D eigenvalue weighted by Gasteiger charge is -1.97. The first-order valence-corrected chi connectivity index (χ1v) is 4.57. The second-order valence-electron chi connectivity index (χ2n) is 2.58. The highest BCUT2D eigenvalue weighted by Gasteiger charge is 2.06. The summed E-state index contributed by atoms with van der Waals surface area (Å²) in [4.78, 5) is 11.1. The average Bonchev–Trinajstić information content (AvgIpc) is 2.63. The number of rotatable bonds is 1. The molecule has 66 valence electrons. The third-order valence-corrected chi connectivity index (χ3v) is 2.44. The maximum absolute atomic E-state index is 11.1. The fourth-order valence-electron chi connectivity index (χ4n) is 1.11. The van der Waals surface area contributed by atoms with Crippen LogP contribution < -0.4 is 0 Å². The van der Waals surface area contributed by atoms with Crippen LogP contribution in [0.3, 0.4) is 0 Å². The minimum absolute atomic E-state index is 0.324. The number of methoxy groups -OCH3 is 1. The van der Waals surface area contributed by atoms with Gasteiger partial charge in [0, 0.05) is 10.8 Å². The molecule has 0 saturated heterocycles. The molecule has 0 aliphatic heterocycles. The van der Waals surface area contributed by atoms with Crippen molar-refractivity contribution in [3.63, 3.8) is 0 Å². The number of hydrogen-bond acceptors (Lipinski definition) is 4. The van der Waals surface area contributed by atoms with Gasteiger partial charge in [-0.25, -0.2) is 4.79 Å². The van der Waals surface area contributed by atoms with E-state index in [1.165, 1.54) is 18.6 Å². The maximum Gasteiger partial charge on any atom is 0.337 e. The van der Waals surface area contributed by atoms with E-state index >= 15 is 0 Å². The number of aromatic nitrogens is 1. The second-order valence-corrected chi connectivity index (χ2v) is 3.21. The number of nitrogens with zero attached hydrogens (tertiary/aromatic N) is 1. The highest BCUT2D eigenvalue weighted by molar-refractivity contribution is 7.04. The van der Waals surface area contributed by atoms with Crippen molar-refractivity contribution in [2.24, 2.45) is 0 Å². The van der Waals surface area contributed by atoms with E-state index in [0.717, 1.165) is 10.9 Å². The van der Waals surface area contributed by atoms with E-state index in [-0.39, 0.29) is 5.97 Å². The Hall–Kier alpha value is -1.42. The van der Waals surface area contributed by atoms with Gasteiger partial charge in [0.2, 0.25) is 0 Å². The van der Waals surface area contributed by atoms with Crippen molar-refractivity contribution < 1.29 is 9.53 Å². The van der Waals surface area contributed by atoms with Crippen LogP contribution in [0.15, 0.2) is 23.6 Å². The predicted molar refractivity (Wildman–Crippen MR) is 51.0 cm³/mol. The largest absolute Gasteiger partial charge is 0.465 e. The monoisotopic (exact) mass is 193 g/mol. The summed E-state index contributed by atoms with van der Waals surface area (Å²) in [6.07, 6.45) is 0. The summed E-state index contributed by atoms with van der Waals surface area (Å²) in [6, 6.07) is 5.34. The summed E-state index contributed by atoms with van der Waals surface area (Å²) >= 11 is 1.38. The van der Waals surface area contributed by atoms with Gasteiger partial charge < -0.3 is 4.74 Å². The Bertz CT molecular complexity index is 450. The Kier molecular flexibility index (Phi) is 1.98. The van der Waals surface area contributed by atoms with E-state index in [4.69, 9.17) is 0 Å². The first-order valence-electron chi connectivity index (χ1n) is 3.74. The van der Waals surface area contributed by atoms with Gasteiger partial charge >= 0.3 is 5.97 Å². The quantitative estimate of drug-likeness (QED) is 0.651. The lowest BCUT2D eigenvalue weighted by Crippen LogP contribution is -2.00. The molecule has 0 aliphatic rings. The van der Waals surface area contributed by atoms with Gasteiger partial charge in [-0.3, -0.25) is 0 Å². The minimum atomic E-state index is -0.324. The number of esters is 1. The van der Waals surface area contributed by atoms with E-state index in [1.807, 2.05) is 11.4 Å². The molecule has 1 aromatic carbocycles. The molecule has 0 amide bonds. The number of benzene rings is 1. The third kappa shape index (κ3) is 1.40. The first kappa shape index (κ1) is 8.19. The molecule has 2 rings (SSSR count). The number of carbonyl (C=O) groups excluding carboxylic acids is 1. The maximum atomic E-state index is 11.1. The van der Waals surface area contributed by atoms with Gasteiger partial charge in [-0.1, -0.05) is 6.07 Å². The number of ether oxygens (including phenoxy) is 1. The molecule has 4 heteroatoms. The van der Waals surface area contributed by atoms with Gasteiger partial charge in [0.1, 0.15) is 0 Å². The van der Waals surface area contributed by atoms with E-state index in [2.05, 4.69) is 9.11 Å². The summed E-state index contributed by atoms with van der Waals surface area (Å²) < 4.78 is 8.73. The molecular formula is C9H7NO2S. The van der Waals surface area contributed by atoms with Crippen LogP contribution in [0.25, 0.3) is 10.9 Å². The molecule has 0 atom stereocenters. The van der Waals surface area contributed by atoms with Gasteiger partial charge in [-0.2, -0.15) is 4.37 Å². The van der Waals surface area contributed by atoms with Crippen LogP contribution in [0, 0.1) is 0 Å². The zero-order chi connectivity index (χ0) is 9.26. The van der Waals surface area contributed by atoms with Gasteiger partial charge in [-0.15, -0.1) is 0 Å². The molecule has 3 nitrogen and oxygen atoms in total. The lowest BCUT2D eigenvalue weighted by atomic mass is 10.2. The molecule has 0 N–H and O–H groups in total. The van der Waals surface area contributed by atoms with Crippen molar-refractivity contribution in [3.8, 4) is 0 Å². The number of carbonyl (C=O) groups is 1. The molecule has 0 fully saturated rings.